The number of aryl methyl sites for hydroxylation is 2. The van der Waals surface area contributed by atoms with Gasteiger partial charge in [0.15, 0.2) is 0 Å². The van der Waals surface area contributed by atoms with Crippen LogP contribution in [0.3, 0.4) is 0 Å². The minimum Gasteiger partial charge on any atom is -1.00 e. The van der Waals surface area contributed by atoms with Crippen molar-refractivity contribution in [3.05, 3.63) is 34.4 Å². The van der Waals surface area contributed by atoms with Gasteiger partial charge >= 0.3 is 20.4 Å². The van der Waals surface area contributed by atoms with Crippen molar-refractivity contribution >= 4 is 0 Å². The van der Waals surface area contributed by atoms with Crippen molar-refractivity contribution in [3.63, 3.8) is 0 Å². The third kappa shape index (κ3) is 0.850. The molecule has 0 nitrogen and oxygen atoms in total. The first-order valence-corrected chi connectivity index (χ1v) is 4.07. The standard InChI is InChI=1S/C10H10.Re.7H/c1-2-8-4-6-10(8)9-5-3-7(1)9;;;;;;;;/h1-2H,3-6H2;;;;;;;;/q;+7;7*-1. The van der Waals surface area contributed by atoms with Gasteiger partial charge in [-0.25, -0.2) is 0 Å². The van der Waals surface area contributed by atoms with Crippen LogP contribution in [0.1, 0.15) is 32.2 Å². The van der Waals surface area contributed by atoms with Gasteiger partial charge in [-0.05, 0) is 47.9 Å². The molecule has 0 bridgehead atoms. The minimum atomic E-state index is 0. The van der Waals surface area contributed by atoms with Crippen LogP contribution < -0.4 is 0 Å². The molecule has 3 rings (SSSR count). The Hall–Kier alpha value is -0.118. The monoisotopic (exact) mass is 324 g/mol. The molecule has 0 heterocycles. The second-order valence-electron chi connectivity index (χ2n) is 3.34. The van der Waals surface area contributed by atoms with Crippen molar-refractivity contribution < 1.29 is 30.4 Å². The van der Waals surface area contributed by atoms with Crippen LogP contribution >= 0.6 is 0 Å². The normalized spacial score (nSPS) is 16.7. The molecule has 0 saturated carbocycles. The molecule has 0 radical (unpaired) electrons. The van der Waals surface area contributed by atoms with Crippen LogP contribution in [0.2, 0.25) is 0 Å². The molecule has 0 aromatic heterocycles. The molecule has 64 valence electrons. The Morgan fingerprint density at radius 2 is 1.27 bits per heavy atom. The maximum absolute atomic E-state index is 2.32. The fourth-order valence-corrected chi connectivity index (χ4v) is 2.05. The molecule has 2 aliphatic rings. The van der Waals surface area contributed by atoms with E-state index in [-0.39, 0.29) is 30.4 Å². The first-order chi connectivity index (χ1) is 4.95. The molecule has 0 fully saturated rings. The summed E-state index contributed by atoms with van der Waals surface area (Å²) >= 11 is 0. The predicted molar refractivity (Wildman–Crippen MR) is 49.0 cm³/mol. The van der Waals surface area contributed by atoms with E-state index in [1.54, 1.807) is 22.3 Å². The van der Waals surface area contributed by atoms with Gasteiger partial charge in [0, 0.05) is 0 Å². The minimum absolute atomic E-state index is 0. The van der Waals surface area contributed by atoms with E-state index in [1.165, 1.54) is 25.7 Å². The van der Waals surface area contributed by atoms with Gasteiger partial charge in [0.05, 0.1) is 0 Å². The van der Waals surface area contributed by atoms with E-state index in [1.807, 2.05) is 0 Å². The van der Waals surface area contributed by atoms with E-state index >= 15 is 0 Å². The SMILES string of the molecule is [H-].[H-].[H-].[H-].[H-].[H-].[H-].[Re+7].c1cc2c(c3c1CC3)CC2. The van der Waals surface area contributed by atoms with Gasteiger partial charge in [0.2, 0.25) is 0 Å². The summed E-state index contributed by atoms with van der Waals surface area (Å²) in [5.41, 5.74) is 6.64. The molecule has 0 atom stereocenters. The molecule has 1 aromatic rings. The Labute approximate surface area is 91.1 Å². The van der Waals surface area contributed by atoms with E-state index in [9.17, 15) is 0 Å². The van der Waals surface area contributed by atoms with Gasteiger partial charge in [0.25, 0.3) is 0 Å². The van der Waals surface area contributed by atoms with E-state index in [2.05, 4.69) is 12.1 Å². The molecular formula is C10H17Re. The van der Waals surface area contributed by atoms with Crippen LogP contribution in [0.4, 0.5) is 0 Å². The largest absolute Gasteiger partial charge is 7.00 e. The second kappa shape index (κ2) is 2.44. The Bertz CT molecular complexity index is 288. The van der Waals surface area contributed by atoms with Crippen molar-refractivity contribution in [3.8, 4) is 0 Å². The molecule has 1 heteroatoms. The maximum Gasteiger partial charge on any atom is 7.00 e. The fourth-order valence-electron chi connectivity index (χ4n) is 2.05. The molecule has 0 unspecified atom stereocenters. The molecule has 0 N–H and O–H groups in total. The Morgan fingerprint density at radius 1 is 0.818 bits per heavy atom. The quantitative estimate of drug-likeness (QED) is 0.689. The zero-order valence-electron chi connectivity index (χ0n) is 13.4. The van der Waals surface area contributed by atoms with E-state index < -0.39 is 0 Å². The van der Waals surface area contributed by atoms with Gasteiger partial charge in [-0.1, -0.05) is 12.1 Å². The number of fused-ring (bicyclic) bond motifs is 3. The van der Waals surface area contributed by atoms with Gasteiger partial charge < -0.3 is 9.99 Å². The molecule has 0 spiro atoms. The molecule has 2 aliphatic carbocycles. The second-order valence-corrected chi connectivity index (χ2v) is 3.34. The molecule has 0 aliphatic heterocycles. The molecule has 0 saturated heterocycles. The number of benzene rings is 1. The summed E-state index contributed by atoms with van der Waals surface area (Å²) < 4.78 is 0. The topological polar surface area (TPSA) is 0 Å². The van der Waals surface area contributed by atoms with Crippen molar-refractivity contribution in [1.29, 1.82) is 0 Å². The van der Waals surface area contributed by atoms with Crippen molar-refractivity contribution in [2.24, 2.45) is 0 Å². The molecule has 11 heavy (non-hydrogen) atoms. The number of hydrogen-bond acceptors (Lipinski definition) is 0. The van der Waals surface area contributed by atoms with E-state index in [0.29, 0.717) is 0 Å². The first-order valence-electron chi connectivity index (χ1n) is 4.07. The molecule has 1 aromatic carbocycles. The summed E-state index contributed by atoms with van der Waals surface area (Å²) in [5, 5.41) is 0. The summed E-state index contributed by atoms with van der Waals surface area (Å²) in [6, 6.07) is 4.63. The smallest absolute Gasteiger partial charge is 1.00 e. The Morgan fingerprint density at radius 3 is 1.55 bits per heavy atom. The van der Waals surface area contributed by atoms with Gasteiger partial charge in [-0.15, -0.1) is 0 Å². The Kier molecular flexibility index (Phi) is 1.67. The van der Waals surface area contributed by atoms with Gasteiger partial charge in [-0.3, -0.25) is 0 Å². The van der Waals surface area contributed by atoms with Crippen molar-refractivity contribution in [2.45, 2.75) is 25.7 Å². The molecular weight excluding hydrogens is 306 g/mol. The van der Waals surface area contributed by atoms with Gasteiger partial charge in [0.1, 0.15) is 0 Å². The van der Waals surface area contributed by atoms with Crippen molar-refractivity contribution in [1.82, 2.24) is 0 Å². The predicted octanol–water partition coefficient (Wildman–Crippen LogP) is 2.67. The first kappa shape index (κ1) is 7.53. The zero-order valence-corrected chi connectivity index (χ0v) is 9.08. The van der Waals surface area contributed by atoms with E-state index in [0.717, 1.165) is 0 Å². The van der Waals surface area contributed by atoms with Crippen LogP contribution in [0.5, 0.6) is 0 Å². The summed E-state index contributed by atoms with van der Waals surface area (Å²) in [7, 11) is 0. The zero-order chi connectivity index (χ0) is 6.55. The summed E-state index contributed by atoms with van der Waals surface area (Å²) in [5.74, 6) is 0. The third-order valence-corrected chi connectivity index (χ3v) is 2.91. The van der Waals surface area contributed by atoms with Crippen LogP contribution in [0.25, 0.3) is 0 Å². The van der Waals surface area contributed by atoms with E-state index in [4.69, 9.17) is 0 Å². The number of rotatable bonds is 0. The van der Waals surface area contributed by atoms with Crippen LogP contribution in [-0.4, -0.2) is 0 Å². The van der Waals surface area contributed by atoms with Crippen LogP contribution in [-0.2, 0) is 46.1 Å². The summed E-state index contributed by atoms with van der Waals surface area (Å²) in [6.45, 7) is 0. The average Bonchev–Trinajstić information content (AvgIpc) is 1.84. The fraction of sp³-hybridized carbons (Fsp3) is 0.400. The Balaban J connectivity index is -0.0000000450. The van der Waals surface area contributed by atoms with Crippen LogP contribution in [0, 0.1) is 0 Å². The summed E-state index contributed by atoms with van der Waals surface area (Å²) in [4.78, 5) is 0. The third-order valence-electron chi connectivity index (χ3n) is 2.91. The maximum atomic E-state index is 2.32. The van der Waals surface area contributed by atoms with Crippen LogP contribution in [0.15, 0.2) is 12.1 Å². The summed E-state index contributed by atoms with van der Waals surface area (Å²) in [6.07, 6.45) is 5.39. The van der Waals surface area contributed by atoms with Crippen molar-refractivity contribution in [2.75, 3.05) is 0 Å². The number of hydrogen-bond donors (Lipinski definition) is 0. The van der Waals surface area contributed by atoms with Gasteiger partial charge in [-0.2, -0.15) is 0 Å². The molecule has 0 amide bonds. The average molecular weight is 323 g/mol.